The zero-order valence-electron chi connectivity index (χ0n) is 40.5. The van der Waals surface area contributed by atoms with Gasteiger partial charge in [-0.25, -0.2) is 9.78 Å². The molecule has 4 atom stereocenters. The van der Waals surface area contributed by atoms with Gasteiger partial charge in [0.1, 0.15) is 17.2 Å². The van der Waals surface area contributed by atoms with Gasteiger partial charge in [-0.3, -0.25) is 28.5 Å². The summed E-state index contributed by atoms with van der Waals surface area (Å²) in [6.07, 6.45) is 3.36. The first-order chi connectivity index (χ1) is 30.5. The number of allylic oxidation sites excluding steroid dienone is 2. The van der Waals surface area contributed by atoms with E-state index in [0.29, 0.717) is 24.0 Å². The average molecular weight is 935 g/mol. The third kappa shape index (κ3) is 18.6. The van der Waals surface area contributed by atoms with Crippen LogP contribution in [0.5, 0.6) is 0 Å². The predicted octanol–water partition coefficient (Wildman–Crippen LogP) is 8.45. The third-order valence-electron chi connectivity index (χ3n) is 9.86. The Hall–Kier alpha value is -5.18. The second-order valence-corrected chi connectivity index (χ2v) is 21.8. The molecule has 5 N–H and O–H groups in total. The van der Waals surface area contributed by atoms with Crippen LogP contribution in [0.15, 0.2) is 92.0 Å². The highest BCUT2D eigenvalue weighted by atomic mass is 31.2. The number of nitrogens with two attached hydrogens (primary N) is 1. The molecule has 0 radical (unpaired) electrons. The van der Waals surface area contributed by atoms with E-state index in [1.54, 1.807) is 92.7 Å². The predicted molar refractivity (Wildman–Crippen MR) is 255 cm³/mol. The van der Waals surface area contributed by atoms with Gasteiger partial charge < -0.3 is 26.4 Å². The monoisotopic (exact) mass is 934 g/mol. The van der Waals surface area contributed by atoms with Crippen LogP contribution < -0.4 is 21.7 Å². The van der Waals surface area contributed by atoms with Crippen LogP contribution in [0.1, 0.15) is 118 Å². The van der Waals surface area contributed by atoms with Crippen LogP contribution in [0, 0.1) is 11.8 Å². The third-order valence-corrected chi connectivity index (χ3v) is 11.2. The summed E-state index contributed by atoms with van der Waals surface area (Å²) in [5, 5.41) is 10.4. The Labute approximate surface area is 390 Å². The maximum Gasteiger partial charge on any atom is 0.388 e. The number of esters is 1. The summed E-state index contributed by atoms with van der Waals surface area (Å²) in [5.41, 5.74) is 3.55. The molecule has 66 heavy (non-hydrogen) atoms. The van der Waals surface area contributed by atoms with Gasteiger partial charge in [-0.05, 0) is 122 Å². The van der Waals surface area contributed by atoms with Crippen molar-refractivity contribution in [1.82, 2.24) is 16.0 Å². The first-order valence-electron chi connectivity index (χ1n) is 22.1. The molecule has 0 aromatic heterocycles. The zero-order chi connectivity index (χ0) is 49.7. The molecule has 0 bridgehead atoms. The van der Waals surface area contributed by atoms with Crippen LogP contribution in [0.25, 0.3) is 10.8 Å². The summed E-state index contributed by atoms with van der Waals surface area (Å²) < 4.78 is 30.1. The number of fused-ring (bicyclic) bond motifs is 1. The van der Waals surface area contributed by atoms with Crippen molar-refractivity contribution in [2.45, 2.75) is 142 Å². The van der Waals surface area contributed by atoms with Gasteiger partial charge in [0.05, 0.1) is 36.1 Å². The first-order valence-corrected chi connectivity index (χ1v) is 23.8. The van der Waals surface area contributed by atoms with Crippen molar-refractivity contribution in [2.24, 2.45) is 17.6 Å². The Bertz CT molecular complexity index is 2190. The fraction of sp³-hybridized carbons (Fsp3) is 0.500. The SMILES string of the molecule is C=CC[C@H](CNC(=O)[C@H](CC(N)=O)NC(=O)C(C)(C)NC(=O)[C@@H](CC(=O)OC(C)(C)C)[C@H](C=C)c1ccc(CP(=O)(OOC(C)(C)C)OOC(C)(C)C)cc1)Cc1cccc2ccccc12. The van der Waals surface area contributed by atoms with E-state index in [-0.39, 0.29) is 18.6 Å². The molecule has 0 aliphatic rings. The van der Waals surface area contributed by atoms with Gasteiger partial charge in [0.25, 0.3) is 0 Å². The van der Waals surface area contributed by atoms with Crippen molar-refractivity contribution in [3.63, 3.8) is 0 Å². The van der Waals surface area contributed by atoms with Crippen LogP contribution in [0.3, 0.4) is 0 Å². The van der Waals surface area contributed by atoms with E-state index in [4.69, 9.17) is 29.6 Å². The number of primary amides is 1. The minimum Gasteiger partial charge on any atom is -0.460 e. The number of ether oxygens (including phenoxy) is 1. The topological polar surface area (TPSA) is 211 Å². The van der Waals surface area contributed by atoms with E-state index in [9.17, 15) is 28.5 Å². The number of nitrogens with one attached hydrogen (secondary N) is 3. The van der Waals surface area contributed by atoms with E-state index >= 15 is 0 Å². The van der Waals surface area contributed by atoms with Crippen LogP contribution in [-0.4, -0.2) is 64.5 Å². The Kier molecular flexibility index (Phi) is 19.6. The standard InChI is InChI=1S/C50H71N4O11P/c1-14-19-34(28-37-22-18-21-35-20-16-17-23-39(35)37)31-52-45(58)41(30-42(51)55)53-46(59)50(12,13)54-44(57)40(29-43(56)61-47(3,4)5)38(15-2)36-26-24-33(25-27-36)32-66(60,64-62-48(6,7)8)65-63-49(9,10)11/h14-18,20-27,34,38,40-41H,1-2,19,28-32H2,3-13H3,(H2,51,55)(H,52,58)(H,53,59)(H,54,57)/t34-,38+,40-,41-/m0/s1. The highest BCUT2D eigenvalue weighted by Gasteiger charge is 2.39. The molecule has 362 valence electrons. The summed E-state index contributed by atoms with van der Waals surface area (Å²) in [7, 11) is -4.03. The van der Waals surface area contributed by atoms with E-state index in [1.165, 1.54) is 19.9 Å². The molecule has 4 amide bonds. The Balaban J connectivity index is 1.84. The molecule has 0 aliphatic heterocycles. The largest absolute Gasteiger partial charge is 0.460 e. The molecule has 0 unspecified atom stereocenters. The average Bonchev–Trinajstić information content (AvgIpc) is 3.20. The molecule has 0 saturated heterocycles. The molecule has 3 rings (SSSR count). The maximum atomic E-state index is 14.4. The second kappa shape index (κ2) is 23.5. The fourth-order valence-electron chi connectivity index (χ4n) is 6.78. The van der Waals surface area contributed by atoms with Crippen molar-refractivity contribution in [3.8, 4) is 0 Å². The number of hydrogen-bond acceptors (Lipinski definition) is 11. The number of rotatable bonds is 24. The van der Waals surface area contributed by atoms with Crippen molar-refractivity contribution < 1.29 is 52.4 Å². The molecular weight excluding hydrogens is 864 g/mol. The van der Waals surface area contributed by atoms with Crippen molar-refractivity contribution >= 4 is 48.0 Å². The minimum atomic E-state index is -4.03. The van der Waals surface area contributed by atoms with Gasteiger partial charge in [-0.15, -0.1) is 22.5 Å². The Morgan fingerprint density at radius 2 is 1.35 bits per heavy atom. The van der Waals surface area contributed by atoms with Gasteiger partial charge in [0.15, 0.2) is 0 Å². The number of benzene rings is 3. The van der Waals surface area contributed by atoms with Gasteiger partial charge >= 0.3 is 13.6 Å². The highest BCUT2D eigenvalue weighted by Crippen LogP contribution is 2.53. The second-order valence-electron chi connectivity index (χ2n) is 20.0. The molecule has 3 aromatic rings. The normalized spacial score (nSPS) is 14.3. The van der Waals surface area contributed by atoms with Crippen LogP contribution in [0.4, 0.5) is 0 Å². The molecule has 3 aromatic carbocycles. The van der Waals surface area contributed by atoms with Gasteiger partial charge in [-0.1, -0.05) is 78.9 Å². The molecule has 15 nitrogen and oxygen atoms in total. The lowest BCUT2D eigenvalue weighted by Crippen LogP contribution is -2.60. The summed E-state index contributed by atoms with van der Waals surface area (Å²) in [4.78, 5) is 78.2. The smallest absolute Gasteiger partial charge is 0.388 e. The molecule has 0 heterocycles. The lowest BCUT2D eigenvalue weighted by Gasteiger charge is -2.32. The lowest BCUT2D eigenvalue weighted by atomic mass is 9.82. The van der Waals surface area contributed by atoms with Gasteiger partial charge in [-0.2, -0.15) is 0 Å². The molecule has 16 heteroatoms. The quantitative estimate of drug-likeness (QED) is 0.0220. The highest BCUT2D eigenvalue weighted by molar-refractivity contribution is 7.52. The van der Waals surface area contributed by atoms with E-state index in [2.05, 4.69) is 29.1 Å². The molecular formula is C50H71N4O11P. The van der Waals surface area contributed by atoms with Crippen molar-refractivity contribution in [3.05, 3.63) is 109 Å². The van der Waals surface area contributed by atoms with Crippen molar-refractivity contribution in [1.29, 1.82) is 0 Å². The summed E-state index contributed by atoms with van der Waals surface area (Å²) in [6, 6.07) is 19.4. The molecule has 0 saturated carbocycles. The molecule has 0 fully saturated rings. The van der Waals surface area contributed by atoms with E-state index in [1.807, 2.05) is 42.5 Å². The molecule has 0 aliphatic carbocycles. The maximum absolute atomic E-state index is 14.4. The van der Waals surface area contributed by atoms with E-state index in [0.717, 1.165) is 16.3 Å². The number of hydrogen-bond donors (Lipinski definition) is 4. The minimum absolute atomic E-state index is 0.0559. The fourth-order valence-corrected chi connectivity index (χ4v) is 8.24. The Morgan fingerprint density at radius 1 is 0.758 bits per heavy atom. The van der Waals surface area contributed by atoms with Gasteiger partial charge in [0.2, 0.25) is 23.6 Å². The van der Waals surface area contributed by atoms with E-state index < -0.39 is 90.3 Å². The van der Waals surface area contributed by atoms with Crippen molar-refractivity contribution in [2.75, 3.05) is 6.54 Å². The number of carbonyl (C=O) groups excluding carboxylic acids is 5. The lowest BCUT2D eigenvalue weighted by molar-refractivity contribution is -0.326. The Morgan fingerprint density at radius 3 is 1.89 bits per heavy atom. The number of amides is 4. The molecule has 0 spiro atoms. The van der Waals surface area contributed by atoms with Crippen LogP contribution in [0.2, 0.25) is 0 Å². The van der Waals surface area contributed by atoms with Crippen LogP contribution >= 0.6 is 7.60 Å². The summed E-state index contributed by atoms with van der Waals surface area (Å²) in [6.45, 7) is 26.4. The zero-order valence-corrected chi connectivity index (χ0v) is 41.4. The van der Waals surface area contributed by atoms with Crippen LogP contribution in [-0.2, 0) is 65.0 Å². The van der Waals surface area contributed by atoms with Gasteiger partial charge in [0, 0.05) is 12.5 Å². The summed E-state index contributed by atoms with van der Waals surface area (Å²) >= 11 is 0. The first kappa shape index (κ1) is 55.1. The summed E-state index contributed by atoms with van der Waals surface area (Å²) in [5.74, 6) is -5.62. The number of carbonyl (C=O) groups is 5.